The summed E-state index contributed by atoms with van der Waals surface area (Å²) in [6, 6.07) is 0. The Morgan fingerprint density at radius 3 is 2.55 bits per heavy atom. The van der Waals surface area contributed by atoms with E-state index in [4.69, 9.17) is 0 Å². The lowest BCUT2D eigenvalue weighted by Gasteiger charge is -2.00. The fraction of sp³-hybridized carbons (Fsp3) is 0.556. The van der Waals surface area contributed by atoms with Gasteiger partial charge in [-0.25, -0.2) is 0 Å². The van der Waals surface area contributed by atoms with E-state index in [2.05, 4.69) is 0 Å². The summed E-state index contributed by atoms with van der Waals surface area (Å²) in [6.45, 7) is 3.50. The van der Waals surface area contributed by atoms with E-state index in [-0.39, 0.29) is 5.78 Å². The average molecular weight is 154 g/mol. The van der Waals surface area contributed by atoms with Gasteiger partial charge in [0, 0.05) is 6.42 Å². The van der Waals surface area contributed by atoms with E-state index in [1.54, 1.807) is 6.08 Å². The Hall–Kier alpha value is -0.920. The van der Waals surface area contributed by atoms with Crippen LogP contribution in [-0.2, 0) is 9.59 Å². The van der Waals surface area contributed by atoms with Crippen LogP contribution in [0.4, 0.5) is 0 Å². The predicted octanol–water partition coefficient (Wildman–Crippen LogP) is 1.75. The summed E-state index contributed by atoms with van der Waals surface area (Å²) in [4.78, 5) is 20.4. The molecule has 0 N–H and O–H groups in total. The van der Waals surface area contributed by atoms with Crippen molar-refractivity contribution >= 4 is 12.1 Å². The third-order valence-electron chi connectivity index (χ3n) is 1.39. The predicted molar refractivity (Wildman–Crippen MR) is 44.3 cm³/mol. The molecule has 0 aliphatic rings. The standard InChI is InChI=1S/C9H14O2/c1-8(6-7-10)4-3-5-9(2)11/h3,5,7-8H,4,6H2,1-2H3/b5-3+. The van der Waals surface area contributed by atoms with Crippen molar-refractivity contribution < 1.29 is 9.59 Å². The number of ketones is 1. The van der Waals surface area contributed by atoms with Crippen LogP contribution >= 0.6 is 0 Å². The summed E-state index contributed by atoms with van der Waals surface area (Å²) >= 11 is 0. The molecule has 0 radical (unpaired) electrons. The second-order valence-electron chi connectivity index (χ2n) is 2.76. The molecule has 0 aliphatic heterocycles. The molecule has 1 atom stereocenters. The summed E-state index contributed by atoms with van der Waals surface area (Å²) in [5, 5.41) is 0. The van der Waals surface area contributed by atoms with Crippen LogP contribution < -0.4 is 0 Å². The zero-order valence-corrected chi connectivity index (χ0v) is 7.04. The average Bonchev–Trinajstić information content (AvgIpc) is 1.87. The van der Waals surface area contributed by atoms with Crippen LogP contribution in [0.5, 0.6) is 0 Å². The second-order valence-corrected chi connectivity index (χ2v) is 2.76. The zero-order valence-electron chi connectivity index (χ0n) is 7.04. The molecule has 11 heavy (non-hydrogen) atoms. The number of carbonyl (C=O) groups is 2. The van der Waals surface area contributed by atoms with Gasteiger partial charge in [0.2, 0.25) is 0 Å². The van der Waals surface area contributed by atoms with Gasteiger partial charge in [0.25, 0.3) is 0 Å². The van der Waals surface area contributed by atoms with Gasteiger partial charge in [-0.2, -0.15) is 0 Å². The fourth-order valence-electron chi connectivity index (χ4n) is 0.727. The van der Waals surface area contributed by atoms with E-state index in [9.17, 15) is 9.59 Å². The maximum atomic E-state index is 10.4. The molecule has 1 unspecified atom stereocenters. The van der Waals surface area contributed by atoms with Crippen LogP contribution in [0.3, 0.4) is 0 Å². The van der Waals surface area contributed by atoms with Crippen molar-refractivity contribution in [2.45, 2.75) is 26.7 Å². The molecule has 0 heterocycles. The molecule has 0 aromatic rings. The van der Waals surface area contributed by atoms with Crippen molar-refractivity contribution in [2.75, 3.05) is 0 Å². The summed E-state index contributed by atoms with van der Waals surface area (Å²) in [7, 11) is 0. The number of hydrogen-bond donors (Lipinski definition) is 0. The summed E-state index contributed by atoms with van der Waals surface area (Å²) < 4.78 is 0. The highest BCUT2D eigenvalue weighted by Crippen LogP contribution is 2.05. The highest BCUT2D eigenvalue weighted by atomic mass is 16.1. The molecular formula is C9H14O2. The molecule has 62 valence electrons. The SMILES string of the molecule is CC(=O)/C=C/CC(C)CC=O. The van der Waals surface area contributed by atoms with Gasteiger partial charge >= 0.3 is 0 Å². The topological polar surface area (TPSA) is 34.1 Å². The minimum atomic E-state index is 0.0586. The molecule has 0 amide bonds. The molecule has 0 saturated heterocycles. The second kappa shape index (κ2) is 5.83. The Morgan fingerprint density at radius 1 is 1.45 bits per heavy atom. The van der Waals surface area contributed by atoms with Crippen molar-refractivity contribution in [3.05, 3.63) is 12.2 Å². The molecule has 0 rings (SSSR count). The Balaban J connectivity index is 3.51. The van der Waals surface area contributed by atoms with Gasteiger partial charge in [-0.05, 0) is 25.3 Å². The van der Waals surface area contributed by atoms with Crippen LogP contribution in [0.15, 0.2) is 12.2 Å². The monoisotopic (exact) mass is 154 g/mol. The molecule has 0 saturated carbocycles. The van der Waals surface area contributed by atoms with E-state index < -0.39 is 0 Å². The van der Waals surface area contributed by atoms with E-state index in [0.29, 0.717) is 12.3 Å². The first-order valence-corrected chi connectivity index (χ1v) is 3.77. The van der Waals surface area contributed by atoms with Gasteiger partial charge in [0.05, 0.1) is 0 Å². The number of hydrogen-bond acceptors (Lipinski definition) is 2. The third-order valence-corrected chi connectivity index (χ3v) is 1.39. The van der Waals surface area contributed by atoms with Crippen molar-refractivity contribution in [3.63, 3.8) is 0 Å². The van der Waals surface area contributed by atoms with E-state index in [1.807, 2.05) is 13.0 Å². The van der Waals surface area contributed by atoms with Crippen molar-refractivity contribution in [1.82, 2.24) is 0 Å². The Bertz CT molecular complexity index is 159. The van der Waals surface area contributed by atoms with Crippen LogP contribution in [0.1, 0.15) is 26.7 Å². The van der Waals surface area contributed by atoms with Crippen LogP contribution in [0.25, 0.3) is 0 Å². The first kappa shape index (κ1) is 10.1. The largest absolute Gasteiger partial charge is 0.303 e. The smallest absolute Gasteiger partial charge is 0.152 e. The molecule has 0 fully saturated rings. The maximum absolute atomic E-state index is 10.4. The van der Waals surface area contributed by atoms with Gasteiger partial charge in [-0.15, -0.1) is 0 Å². The zero-order chi connectivity index (χ0) is 8.69. The molecule has 0 bridgehead atoms. The Morgan fingerprint density at radius 2 is 2.09 bits per heavy atom. The molecule has 0 spiro atoms. The van der Waals surface area contributed by atoms with Crippen LogP contribution in [-0.4, -0.2) is 12.1 Å². The van der Waals surface area contributed by atoms with Gasteiger partial charge in [0.15, 0.2) is 5.78 Å². The quantitative estimate of drug-likeness (QED) is 0.446. The van der Waals surface area contributed by atoms with Crippen LogP contribution in [0, 0.1) is 5.92 Å². The summed E-state index contributed by atoms with van der Waals surface area (Å²) in [6.07, 6.45) is 5.64. The number of allylic oxidation sites excluding steroid dienone is 2. The minimum Gasteiger partial charge on any atom is -0.303 e. The lowest BCUT2D eigenvalue weighted by Crippen LogP contribution is -1.93. The minimum absolute atomic E-state index is 0.0586. The molecule has 2 heteroatoms. The molecule has 0 aromatic carbocycles. The highest BCUT2D eigenvalue weighted by molar-refractivity contribution is 5.87. The van der Waals surface area contributed by atoms with Gasteiger partial charge < -0.3 is 4.79 Å². The third kappa shape index (κ3) is 6.97. The van der Waals surface area contributed by atoms with Crippen molar-refractivity contribution in [3.8, 4) is 0 Å². The molecule has 0 aliphatic carbocycles. The van der Waals surface area contributed by atoms with E-state index in [0.717, 1.165) is 12.7 Å². The van der Waals surface area contributed by atoms with Gasteiger partial charge in [-0.1, -0.05) is 13.0 Å². The lowest BCUT2D eigenvalue weighted by molar-refractivity contribution is -0.112. The first-order valence-electron chi connectivity index (χ1n) is 3.77. The summed E-state index contributed by atoms with van der Waals surface area (Å²) in [5.41, 5.74) is 0. The van der Waals surface area contributed by atoms with Crippen molar-refractivity contribution in [2.24, 2.45) is 5.92 Å². The number of aldehydes is 1. The van der Waals surface area contributed by atoms with Crippen LogP contribution in [0.2, 0.25) is 0 Å². The van der Waals surface area contributed by atoms with Crippen molar-refractivity contribution in [1.29, 1.82) is 0 Å². The fourth-order valence-corrected chi connectivity index (χ4v) is 0.727. The van der Waals surface area contributed by atoms with E-state index >= 15 is 0 Å². The Kier molecular flexibility index (Phi) is 5.35. The number of rotatable bonds is 5. The van der Waals surface area contributed by atoms with Gasteiger partial charge in [-0.3, -0.25) is 4.79 Å². The molecular weight excluding hydrogens is 140 g/mol. The van der Waals surface area contributed by atoms with Gasteiger partial charge in [0.1, 0.15) is 6.29 Å². The first-order chi connectivity index (χ1) is 5.16. The van der Waals surface area contributed by atoms with E-state index in [1.165, 1.54) is 6.92 Å². The normalized spacial score (nSPS) is 13.3. The maximum Gasteiger partial charge on any atom is 0.152 e. The lowest BCUT2D eigenvalue weighted by atomic mass is 10.0. The summed E-state index contributed by atoms with van der Waals surface area (Å²) in [5.74, 6) is 0.409. The molecule has 0 aromatic heterocycles. The highest BCUT2D eigenvalue weighted by Gasteiger charge is 1.96. The number of carbonyl (C=O) groups excluding carboxylic acids is 2. The Labute approximate surface area is 67.3 Å². The molecule has 2 nitrogen and oxygen atoms in total.